The Labute approximate surface area is 138 Å². The summed E-state index contributed by atoms with van der Waals surface area (Å²) in [5, 5.41) is 6.73. The molecule has 128 valence electrons. The van der Waals surface area contributed by atoms with Crippen LogP contribution in [0.2, 0.25) is 0 Å². The minimum Gasteiger partial charge on any atom is -0.380 e. The van der Waals surface area contributed by atoms with Gasteiger partial charge in [-0.25, -0.2) is 0 Å². The molecule has 1 aromatic rings. The molecule has 2 rings (SSSR count). The van der Waals surface area contributed by atoms with Gasteiger partial charge in [-0.1, -0.05) is 24.3 Å². The molecule has 0 aromatic heterocycles. The van der Waals surface area contributed by atoms with E-state index in [1.807, 2.05) is 12.1 Å². The van der Waals surface area contributed by atoms with Crippen LogP contribution in [0.5, 0.6) is 0 Å². The lowest BCUT2D eigenvalue weighted by Crippen LogP contribution is -2.44. The highest BCUT2D eigenvalue weighted by Gasteiger charge is 2.09. The van der Waals surface area contributed by atoms with Crippen molar-refractivity contribution in [2.24, 2.45) is 4.99 Å². The molecule has 0 atom stereocenters. The smallest absolute Gasteiger partial charge is 0.191 e. The van der Waals surface area contributed by atoms with Crippen LogP contribution >= 0.6 is 0 Å². The molecule has 1 heterocycles. The number of morpholine rings is 1. The standard InChI is InChI=1S/C17H28N4O2/c1-18-17(19-7-8-21-9-11-23-12-10-21)20-13-15-5-3-4-6-16(15)14-22-2/h3-6H,7-14H2,1-2H3,(H2,18,19,20). The Balaban J connectivity index is 1.74. The molecule has 6 nitrogen and oxygen atoms in total. The number of hydrogen-bond acceptors (Lipinski definition) is 4. The van der Waals surface area contributed by atoms with Crippen molar-refractivity contribution in [3.8, 4) is 0 Å². The quantitative estimate of drug-likeness (QED) is 0.576. The number of ether oxygens (including phenoxy) is 2. The first-order chi connectivity index (χ1) is 11.3. The van der Waals surface area contributed by atoms with Gasteiger partial charge < -0.3 is 20.1 Å². The maximum atomic E-state index is 5.36. The van der Waals surface area contributed by atoms with Crippen molar-refractivity contribution in [1.82, 2.24) is 15.5 Å². The summed E-state index contributed by atoms with van der Waals surface area (Å²) in [5.41, 5.74) is 2.43. The van der Waals surface area contributed by atoms with Crippen LogP contribution in [0.4, 0.5) is 0 Å². The van der Waals surface area contributed by atoms with Gasteiger partial charge in [0.05, 0.1) is 19.8 Å². The van der Waals surface area contributed by atoms with Crippen LogP contribution in [0.25, 0.3) is 0 Å². The molecule has 2 N–H and O–H groups in total. The summed E-state index contributed by atoms with van der Waals surface area (Å²) < 4.78 is 10.6. The fourth-order valence-electron chi connectivity index (χ4n) is 2.58. The fraction of sp³-hybridized carbons (Fsp3) is 0.588. The van der Waals surface area contributed by atoms with Crippen molar-refractivity contribution in [2.75, 3.05) is 53.6 Å². The van der Waals surface area contributed by atoms with Gasteiger partial charge in [-0.15, -0.1) is 0 Å². The van der Waals surface area contributed by atoms with E-state index in [1.54, 1.807) is 14.2 Å². The first-order valence-electron chi connectivity index (χ1n) is 8.14. The van der Waals surface area contributed by atoms with E-state index in [1.165, 1.54) is 11.1 Å². The van der Waals surface area contributed by atoms with Gasteiger partial charge in [0.15, 0.2) is 5.96 Å². The summed E-state index contributed by atoms with van der Waals surface area (Å²) in [6.07, 6.45) is 0. The van der Waals surface area contributed by atoms with Crippen LogP contribution in [-0.2, 0) is 22.6 Å². The van der Waals surface area contributed by atoms with Crippen LogP contribution in [0.15, 0.2) is 29.3 Å². The van der Waals surface area contributed by atoms with E-state index in [2.05, 4.69) is 32.7 Å². The van der Waals surface area contributed by atoms with Gasteiger partial charge in [-0.05, 0) is 11.1 Å². The van der Waals surface area contributed by atoms with Gasteiger partial charge in [-0.2, -0.15) is 0 Å². The molecule has 0 radical (unpaired) electrons. The second-order valence-electron chi connectivity index (χ2n) is 5.51. The summed E-state index contributed by atoms with van der Waals surface area (Å²) >= 11 is 0. The zero-order valence-electron chi connectivity index (χ0n) is 14.2. The molecule has 0 bridgehead atoms. The van der Waals surface area contributed by atoms with Gasteiger partial charge in [-0.3, -0.25) is 9.89 Å². The van der Waals surface area contributed by atoms with Crippen molar-refractivity contribution < 1.29 is 9.47 Å². The van der Waals surface area contributed by atoms with E-state index in [4.69, 9.17) is 9.47 Å². The zero-order chi connectivity index (χ0) is 16.3. The lowest BCUT2D eigenvalue weighted by Gasteiger charge is -2.26. The molecule has 0 spiro atoms. The number of rotatable bonds is 7. The summed E-state index contributed by atoms with van der Waals surface area (Å²) in [6, 6.07) is 8.29. The van der Waals surface area contributed by atoms with Gasteiger partial charge in [0.2, 0.25) is 0 Å². The van der Waals surface area contributed by atoms with E-state index in [9.17, 15) is 0 Å². The molecule has 0 amide bonds. The second-order valence-corrected chi connectivity index (χ2v) is 5.51. The van der Waals surface area contributed by atoms with E-state index >= 15 is 0 Å². The first-order valence-corrected chi connectivity index (χ1v) is 8.14. The Morgan fingerprint density at radius 3 is 2.65 bits per heavy atom. The summed E-state index contributed by atoms with van der Waals surface area (Å²) in [7, 11) is 3.52. The Morgan fingerprint density at radius 1 is 1.22 bits per heavy atom. The van der Waals surface area contributed by atoms with Gasteiger partial charge in [0.25, 0.3) is 0 Å². The summed E-state index contributed by atoms with van der Waals surface area (Å²) in [4.78, 5) is 6.68. The van der Waals surface area contributed by atoms with Crippen LogP contribution in [0.3, 0.4) is 0 Å². The number of aliphatic imine (C=N–C) groups is 1. The SMILES string of the molecule is CN=C(NCCN1CCOCC1)NCc1ccccc1COC. The van der Waals surface area contributed by atoms with Crippen LogP contribution in [-0.4, -0.2) is 64.4 Å². The number of nitrogens with one attached hydrogen (secondary N) is 2. The van der Waals surface area contributed by atoms with Crippen LogP contribution in [0.1, 0.15) is 11.1 Å². The molecule has 1 aromatic carbocycles. The Hall–Kier alpha value is -1.63. The minimum atomic E-state index is 0.626. The monoisotopic (exact) mass is 320 g/mol. The fourth-order valence-corrected chi connectivity index (χ4v) is 2.58. The number of benzene rings is 1. The molecule has 0 saturated carbocycles. The van der Waals surface area contributed by atoms with E-state index in [-0.39, 0.29) is 0 Å². The Bertz CT molecular complexity index is 487. The first kappa shape index (κ1) is 17.7. The average molecular weight is 320 g/mol. The van der Waals surface area contributed by atoms with Crippen LogP contribution < -0.4 is 10.6 Å². The number of nitrogens with zero attached hydrogens (tertiary/aromatic N) is 2. The predicted octanol–water partition coefficient (Wildman–Crippen LogP) is 0.830. The number of hydrogen-bond donors (Lipinski definition) is 2. The van der Waals surface area contributed by atoms with Gasteiger partial charge in [0.1, 0.15) is 0 Å². The van der Waals surface area contributed by atoms with Crippen molar-refractivity contribution in [3.63, 3.8) is 0 Å². The molecule has 1 aliphatic heterocycles. The Kier molecular flexibility index (Phi) is 7.86. The topological polar surface area (TPSA) is 58.1 Å². The molecule has 1 saturated heterocycles. The largest absolute Gasteiger partial charge is 0.380 e. The molecule has 23 heavy (non-hydrogen) atoms. The molecule has 1 fully saturated rings. The third-order valence-corrected chi connectivity index (χ3v) is 3.91. The van der Waals surface area contributed by atoms with E-state index < -0.39 is 0 Å². The minimum absolute atomic E-state index is 0.626. The number of methoxy groups -OCH3 is 1. The van der Waals surface area contributed by atoms with Crippen molar-refractivity contribution in [1.29, 1.82) is 0 Å². The number of guanidine groups is 1. The van der Waals surface area contributed by atoms with E-state index in [0.29, 0.717) is 6.61 Å². The van der Waals surface area contributed by atoms with E-state index in [0.717, 1.165) is 51.9 Å². The maximum Gasteiger partial charge on any atom is 0.191 e. The third kappa shape index (κ3) is 6.17. The zero-order valence-corrected chi connectivity index (χ0v) is 14.2. The van der Waals surface area contributed by atoms with Crippen molar-refractivity contribution in [3.05, 3.63) is 35.4 Å². The molecule has 1 aliphatic rings. The predicted molar refractivity (Wildman–Crippen MR) is 92.6 cm³/mol. The third-order valence-electron chi connectivity index (χ3n) is 3.91. The summed E-state index contributed by atoms with van der Waals surface area (Å²) in [5.74, 6) is 0.825. The lowest BCUT2D eigenvalue weighted by atomic mass is 10.1. The summed E-state index contributed by atoms with van der Waals surface area (Å²) in [6.45, 7) is 6.93. The van der Waals surface area contributed by atoms with Crippen molar-refractivity contribution >= 4 is 5.96 Å². The van der Waals surface area contributed by atoms with Gasteiger partial charge >= 0.3 is 0 Å². The Morgan fingerprint density at radius 2 is 1.96 bits per heavy atom. The second kappa shape index (κ2) is 10.2. The van der Waals surface area contributed by atoms with Gasteiger partial charge in [0, 0.05) is 46.9 Å². The average Bonchev–Trinajstić information content (AvgIpc) is 2.60. The normalized spacial score (nSPS) is 16.3. The molecular formula is C17H28N4O2. The molecular weight excluding hydrogens is 292 g/mol. The highest BCUT2D eigenvalue weighted by Crippen LogP contribution is 2.09. The lowest BCUT2D eigenvalue weighted by molar-refractivity contribution is 0.0389. The van der Waals surface area contributed by atoms with Crippen molar-refractivity contribution in [2.45, 2.75) is 13.2 Å². The highest BCUT2D eigenvalue weighted by molar-refractivity contribution is 5.79. The molecule has 0 unspecified atom stereocenters. The highest BCUT2D eigenvalue weighted by atomic mass is 16.5. The maximum absolute atomic E-state index is 5.36. The molecule has 6 heteroatoms. The molecule has 0 aliphatic carbocycles. The van der Waals surface area contributed by atoms with Crippen LogP contribution in [0, 0.1) is 0 Å².